The van der Waals surface area contributed by atoms with Gasteiger partial charge in [0.05, 0.1) is 12.2 Å². The second-order valence-electron chi connectivity index (χ2n) is 8.63. The third kappa shape index (κ3) is 5.74. The van der Waals surface area contributed by atoms with Crippen LogP contribution in [0, 0.1) is 13.8 Å². The van der Waals surface area contributed by atoms with Crippen LogP contribution in [0.25, 0.3) is 0 Å². The molecule has 30 heavy (non-hydrogen) atoms. The summed E-state index contributed by atoms with van der Waals surface area (Å²) in [5.41, 5.74) is 2.13. The predicted octanol–water partition coefficient (Wildman–Crippen LogP) is 1.99. The molecule has 8 heteroatoms. The van der Waals surface area contributed by atoms with Gasteiger partial charge in [-0.15, -0.1) is 0 Å². The molecule has 1 amide bonds. The number of hydrogen-bond donors (Lipinski definition) is 1. The Kier molecular flexibility index (Phi) is 8.13. The summed E-state index contributed by atoms with van der Waals surface area (Å²) < 4.78 is 5.31. The van der Waals surface area contributed by atoms with Gasteiger partial charge >= 0.3 is 0 Å². The number of carbonyl (C=O) groups is 1. The van der Waals surface area contributed by atoms with Gasteiger partial charge in [0.1, 0.15) is 5.76 Å². The highest BCUT2D eigenvalue weighted by Gasteiger charge is 2.24. The minimum Gasteiger partial charge on any atom is -0.361 e. The molecule has 1 aromatic heterocycles. The number of guanidine groups is 1. The summed E-state index contributed by atoms with van der Waals surface area (Å²) in [6.45, 7) is 12.9. The van der Waals surface area contributed by atoms with Crippen molar-refractivity contribution >= 4 is 11.9 Å². The molecule has 3 heterocycles. The lowest BCUT2D eigenvalue weighted by atomic mass is 10.00. The van der Waals surface area contributed by atoms with Crippen LogP contribution < -0.4 is 5.32 Å². The summed E-state index contributed by atoms with van der Waals surface area (Å²) in [6.07, 6.45) is 4.80. The zero-order valence-corrected chi connectivity index (χ0v) is 19.1. The Balaban J connectivity index is 1.44. The van der Waals surface area contributed by atoms with Crippen LogP contribution in [0.15, 0.2) is 9.52 Å². The van der Waals surface area contributed by atoms with Gasteiger partial charge in [-0.05, 0) is 26.7 Å². The second-order valence-corrected chi connectivity index (χ2v) is 8.63. The topological polar surface area (TPSA) is 77.2 Å². The van der Waals surface area contributed by atoms with Crippen LogP contribution in [-0.2, 0) is 4.79 Å². The number of nitrogens with one attached hydrogen (secondary N) is 1. The summed E-state index contributed by atoms with van der Waals surface area (Å²) in [5, 5.41) is 7.57. The van der Waals surface area contributed by atoms with Crippen LogP contribution in [0.5, 0.6) is 0 Å². The smallest absolute Gasteiger partial charge is 0.236 e. The first-order valence-corrected chi connectivity index (χ1v) is 11.4. The van der Waals surface area contributed by atoms with E-state index in [0.717, 1.165) is 76.1 Å². The standard InChI is InChI=1S/C22H38N6O2/c1-17(21-18(2)25-30-19(21)3)15-24-22(23-4)28-13-11-26(12-14-28)16-20(29)27-9-7-5-6-8-10-27/h17H,5-16H2,1-4H3,(H,23,24). The highest BCUT2D eigenvalue weighted by atomic mass is 16.5. The lowest BCUT2D eigenvalue weighted by Crippen LogP contribution is -2.54. The summed E-state index contributed by atoms with van der Waals surface area (Å²) >= 11 is 0. The maximum atomic E-state index is 12.7. The molecule has 2 aliphatic heterocycles. The third-order valence-electron chi connectivity index (χ3n) is 6.35. The number of amides is 1. The first-order chi connectivity index (χ1) is 14.5. The number of hydrogen-bond acceptors (Lipinski definition) is 5. The molecule has 1 atom stereocenters. The van der Waals surface area contributed by atoms with E-state index in [1.807, 2.05) is 20.9 Å². The molecule has 2 saturated heterocycles. The van der Waals surface area contributed by atoms with E-state index in [2.05, 4.69) is 37.1 Å². The Bertz CT molecular complexity index is 696. The molecule has 8 nitrogen and oxygen atoms in total. The van der Waals surface area contributed by atoms with E-state index in [-0.39, 0.29) is 0 Å². The molecule has 168 valence electrons. The molecule has 0 radical (unpaired) electrons. The van der Waals surface area contributed by atoms with Crippen molar-refractivity contribution in [1.82, 2.24) is 25.2 Å². The molecule has 0 bridgehead atoms. The van der Waals surface area contributed by atoms with Crippen molar-refractivity contribution in [2.24, 2.45) is 4.99 Å². The van der Waals surface area contributed by atoms with E-state index in [9.17, 15) is 4.79 Å². The van der Waals surface area contributed by atoms with Crippen molar-refractivity contribution < 1.29 is 9.32 Å². The van der Waals surface area contributed by atoms with Gasteiger partial charge in [0.15, 0.2) is 5.96 Å². The van der Waals surface area contributed by atoms with Crippen molar-refractivity contribution in [3.63, 3.8) is 0 Å². The second kappa shape index (κ2) is 10.8. The maximum absolute atomic E-state index is 12.7. The Hall–Kier alpha value is -2.09. The minimum atomic E-state index is 0.292. The van der Waals surface area contributed by atoms with E-state index in [0.29, 0.717) is 18.4 Å². The van der Waals surface area contributed by atoms with Gasteiger partial charge in [0.25, 0.3) is 0 Å². The normalized spacial score (nSPS) is 20.2. The molecule has 0 spiro atoms. The van der Waals surface area contributed by atoms with Gasteiger partial charge in [-0.3, -0.25) is 14.7 Å². The van der Waals surface area contributed by atoms with Crippen LogP contribution in [0.1, 0.15) is 55.5 Å². The number of rotatable bonds is 5. The maximum Gasteiger partial charge on any atom is 0.236 e. The number of aryl methyl sites for hydroxylation is 2. The molecule has 1 aromatic rings. The predicted molar refractivity (Wildman–Crippen MR) is 119 cm³/mol. The first-order valence-electron chi connectivity index (χ1n) is 11.4. The number of carbonyl (C=O) groups excluding carboxylic acids is 1. The largest absolute Gasteiger partial charge is 0.361 e. The molecule has 0 aromatic carbocycles. The average molecular weight is 419 g/mol. The fourth-order valence-electron chi connectivity index (χ4n) is 4.60. The Labute approximate surface area is 180 Å². The van der Waals surface area contributed by atoms with Crippen LogP contribution in [0.3, 0.4) is 0 Å². The molecule has 0 saturated carbocycles. The third-order valence-corrected chi connectivity index (χ3v) is 6.35. The van der Waals surface area contributed by atoms with Crippen molar-refractivity contribution in [3.05, 3.63) is 17.0 Å². The quantitative estimate of drug-likeness (QED) is 0.582. The van der Waals surface area contributed by atoms with E-state index in [1.54, 1.807) is 0 Å². The number of aliphatic imine (C=N–C) groups is 1. The fraction of sp³-hybridized carbons (Fsp3) is 0.773. The van der Waals surface area contributed by atoms with Crippen LogP contribution >= 0.6 is 0 Å². The van der Waals surface area contributed by atoms with Gasteiger partial charge in [0, 0.05) is 64.3 Å². The summed E-state index contributed by atoms with van der Waals surface area (Å²) in [5.74, 6) is 2.40. The lowest BCUT2D eigenvalue weighted by Gasteiger charge is -2.37. The molecule has 0 aliphatic carbocycles. The molecule has 3 rings (SSSR count). The number of aromatic nitrogens is 1. The van der Waals surface area contributed by atoms with Crippen molar-refractivity contribution in [3.8, 4) is 0 Å². The van der Waals surface area contributed by atoms with Crippen molar-refractivity contribution in [1.29, 1.82) is 0 Å². The lowest BCUT2D eigenvalue weighted by molar-refractivity contribution is -0.132. The zero-order valence-electron chi connectivity index (χ0n) is 19.1. The summed E-state index contributed by atoms with van der Waals surface area (Å²) in [7, 11) is 1.83. The fourth-order valence-corrected chi connectivity index (χ4v) is 4.60. The molecule has 1 unspecified atom stereocenters. The highest BCUT2D eigenvalue weighted by Crippen LogP contribution is 2.22. The van der Waals surface area contributed by atoms with Crippen molar-refractivity contribution in [2.45, 2.75) is 52.4 Å². The van der Waals surface area contributed by atoms with Gasteiger partial charge in [-0.2, -0.15) is 0 Å². The average Bonchev–Trinajstić information content (AvgIpc) is 2.93. The minimum absolute atomic E-state index is 0.292. The van der Waals surface area contributed by atoms with Crippen LogP contribution in [0.2, 0.25) is 0 Å². The molecular weight excluding hydrogens is 380 g/mol. The zero-order chi connectivity index (χ0) is 21.5. The highest BCUT2D eigenvalue weighted by molar-refractivity contribution is 5.80. The monoisotopic (exact) mass is 418 g/mol. The number of piperazine rings is 1. The molecule has 2 aliphatic rings. The van der Waals surface area contributed by atoms with Crippen LogP contribution in [0.4, 0.5) is 0 Å². The SMILES string of the molecule is CN=C(NCC(C)c1c(C)noc1C)N1CCN(CC(=O)N2CCCCCC2)CC1. The van der Waals surface area contributed by atoms with Gasteiger partial charge < -0.3 is 19.6 Å². The van der Waals surface area contributed by atoms with E-state index in [1.165, 1.54) is 18.4 Å². The van der Waals surface area contributed by atoms with E-state index in [4.69, 9.17) is 4.52 Å². The van der Waals surface area contributed by atoms with Gasteiger partial charge in [0.2, 0.25) is 5.91 Å². The van der Waals surface area contributed by atoms with E-state index < -0.39 is 0 Å². The molecule has 1 N–H and O–H groups in total. The molecular formula is C22H38N6O2. The summed E-state index contributed by atoms with van der Waals surface area (Å²) in [4.78, 5) is 23.8. The van der Waals surface area contributed by atoms with Crippen molar-refractivity contribution in [2.75, 3.05) is 59.4 Å². The van der Waals surface area contributed by atoms with E-state index >= 15 is 0 Å². The summed E-state index contributed by atoms with van der Waals surface area (Å²) in [6, 6.07) is 0. The van der Waals surface area contributed by atoms with Gasteiger partial charge in [-0.25, -0.2) is 0 Å². The number of likely N-dealkylation sites (tertiary alicyclic amines) is 1. The molecule has 2 fully saturated rings. The Morgan fingerprint density at radius 1 is 1.07 bits per heavy atom. The Morgan fingerprint density at radius 2 is 1.73 bits per heavy atom. The van der Waals surface area contributed by atoms with Crippen LogP contribution in [-0.4, -0.2) is 91.1 Å². The first kappa shape index (κ1) is 22.6. The Morgan fingerprint density at radius 3 is 2.30 bits per heavy atom. The van der Waals surface area contributed by atoms with Gasteiger partial charge in [-0.1, -0.05) is 24.9 Å². The number of nitrogens with zero attached hydrogens (tertiary/aromatic N) is 5.